The van der Waals surface area contributed by atoms with Crippen LogP contribution in [0.25, 0.3) is 6.08 Å². The number of hydrogen-bond acceptors (Lipinski definition) is 1. The van der Waals surface area contributed by atoms with Crippen molar-refractivity contribution in [3.8, 4) is 6.07 Å². The molecule has 0 aliphatic carbocycles. The molecule has 0 amide bonds. The molecular weight excluding hydrogens is 253 g/mol. The van der Waals surface area contributed by atoms with Crippen molar-refractivity contribution in [2.75, 3.05) is 0 Å². The molecule has 17 heavy (non-hydrogen) atoms. The van der Waals surface area contributed by atoms with Gasteiger partial charge in [0.15, 0.2) is 0 Å². The molecule has 0 aromatic heterocycles. The second-order valence-corrected chi connectivity index (χ2v) is 3.34. The minimum Gasteiger partial charge on any atom is -0.445 e. The first-order valence-corrected chi connectivity index (χ1v) is 4.87. The van der Waals surface area contributed by atoms with Gasteiger partial charge in [0.1, 0.15) is 0 Å². The average molecular weight is 263 g/mol. The molecule has 0 fully saturated rings. The molecule has 1 aromatic carbocycles. The van der Waals surface area contributed by atoms with Gasteiger partial charge in [-0.3, -0.25) is 0 Å². The Hall–Kier alpha value is -0.0587. The van der Waals surface area contributed by atoms with Gasteiger partial charge in [-0.25, -0.2) is 0 Å². The quantitative estimate of drug-likeness (QED) is 0.557. The van der Waals surface area contributed by atoms with Crippen LogP contribution in [0.4, 0.5) is 12.9 Å². The summed E-state index contributed by atoms with van der Waals surface area (Å²) >= 11 is 0. The summed E-state index contributed by atoms with van der Waals surface area (Å²) in [4.78, 5) is 0. The first-order chi connectivity index (χ1) is 7.54. The maximum absolute atomic E-state index is 12.3. The Labute approximate surface area is 141 Å². The predicted octanol–water partition coefficient (Wildman–Crippen LogP) is 0.0620. The van der Waals surface area contributed by atoms with Crippen LogP contribution in [0.3, 0.4) is 0 Å². The number of nitriles is 1. The minimum atomic E-state index is -4.91. The second kappa shape index (κ2) is 8.12. The van der Waals surface area contributed by atoms with Crippen molar-refractivity contribution in [1.29, 1.82) is 5.26 Å². The van der Waals surface area contributed by atoms with E-state index in [1.807, 2.05) is 6.07 Å². The Morgan fingerprint density at radius 2 is 1.76 bits per heavy atom. The van der Waals surface area contributed by atoms with Crippen molar-refractivity contribution < 1.29 is 64.3 Å². The molecule has 0 saturated heterocycles. The van der Waals surface area contributed by atoms with Gasteiger partial charge in [-0.1, -0.05) is 36.4 Å². The molecule has 0 unspecified atom stereocenters. The van der Waals surface area contributed by atoms with E-state index in [9.17, 15) is 12.9 Å². The predicted molar refractivity (Wildman–Crippen MR) is 59.0 cm³/mol. The summed E-state index contributed by atoms with van der Waals surface area (Å²) in [5.41, 5.74) is 0.121. The third-order valence-electron chi connectivity index (χ3n) is 2.05. The summed E-state index contributed by atoms with van der Waals surface area (Å²) in [5, 5.41) is 8.28. The number of rotatable bonds is 4. The van der Waals surface area contributed by atoms with E-state index in [0.717, 1.165) is 12.1 Å². The van der Waals surface area contributed by atoms with Gasteiger partial charge in [0.25, 0.3) is 0 Å². The molecule has 0 radical (unpaired) electrons. The molecule has 0 saturated carbocycles. The van der Waals surface area contributed by atoms with Gasteiger partial charge < -0.3 is 12.9 Å². The molecule has 1 aromatic rings. The van der Waals surface area contributed by atoms with Gasteiger partial charge in [-0.15, -0.1) is 5.46 Å². The number of hydrogen-bond donors (Lipinski definition) is 0. The van der Waals surface area contributed by atoms with E-state index in [0.29, 0.717) is 18.4 Å². The number of unbranched alkanes of at least 4 members (excludes halogenated alkanes) is 1. The number of benzene rings is 1. The zero-order chi connectivity index (χ0) is 12.0. The molecule has 0 bridgehead atoms. The van der Waals surface area contributed by atoms with Crippen molar-refractivity contribution in [3.63, 3.8) is 0 Å². The van der Waals surface area contributed by atoms with E-state index >= 15 is 0 Å². The Kier molecular flexibility index (Phi) is 8.09. The van der Waals surface area contributed by atoms with Crippen LogP contribution in [0.15, 0.2) is 30.3 Å². The van der Waals surface area contributed by atoms with Gasteiger partial charge in [0.2, 0.25) is 0 Å². The third-order valence-corrected chi connectivity index (χ3v) is 2.05. The molecule has 0 N–H and O–H groups in total. The van der Waals surface area contributed by atoms with Crippen LogP contribution in [0.2, 0.25) is 0 Å². The first kappa shape index (κ1) is 16.9. The van der Waals surface area contributed by atoms with Crippen LogP contribution in [-0.4, -0.2) is 6.98 Å². The molecule has 0 heterocycles. The van der Waals surface area contributed by atoms with Crippen LogP contribution < -0.4 is 56.8 Å². The fourth-order valence-corrected chi connectivity index (χ4v) is 1.19. The van der Waals surface area contributed by atoms with E-state index in [2.05, 4.69) is 0 Å². The largest absolute Gasteiger partial charge is 1.00 e. The van der Waals surface area contributed by atoms with Crippen molar-refractivity contribution in [2.24, 2.45) is 0 Å². The van der Waals surface area contributed by atoms with Crippen molar-refractivity contribution in [1.82, 2.24) is 0 Å². The van der Waals surface area contributed by atoms with E-state index in [1.54, 1.807) is 12.2 Å². The minimum absolute atomic E-state index is 0. The maximum Gasteiger partial charge on any atom is 1.00 e. The van der Waals surface area contributed by atoms with Crippen LogP contribution in [0.5, 0.6) is 0 Å². The van der Waals surface area contributed by atoms with Crippen LogP contribution in [-0.2, 0) is 0 Å². The van der Waals surface area contributed by atoms with Crippen LogP contribution in [0.1, 0.15) is 18.4 Å². The first-order valence-electron chi connectivity index (χ1n) is 4.87. The van der Waals surface area contributed by atoms with Gasteiger partial charge in [-0.2, -0.15) is 5.26 Å². The normalized spacial score (nSPS) is 10.9. The summed E-state index contributed by atoms with van der Waals surface area (Å²) in [6, 6.07) is 6.98. The summed E-state index contributed by atoms with van der Waals surface area (Å²) in [6.07, 6.45) is 4.52. The molecule has 84 valence electrons. The van der Waals surface area contributed by atoms with Gasteiger partial charge in [0, 0.05) is 6.42 Å². The van der Waals surface area contributed by atoms with Crippen molar-refractivity contribution >= 4 is 18.5 Å². The molecule has 6 heteroatoms. The number of nitrogens with zero attached hydrogens (tertiary/aromatic N) is 1. The summed E-state index contributed by atoms with van der Waals surface area (Å²) in [7, 11) is 0. The molecule has 0 aliphatic heterocycles. The van der Waals surface area contributed by atoms with Crippen LogP contribution in [0, 0.1) is 11.3 Å². The third kappa shape index (κ3) is 6.44. The zero-order valence-electron chi connectivity index (χ0n) is 9.54. The van der Waals surface area contributed by atoms with E-state index < -0.39 is 12.4 Å². The van der Waals surface area contributed by atoms with Gasteiger partial charge >= 0.3 is 58.4 Å². The summed E-state index contributed by atoms with van der Waals surface area (Å²) in [5.74, 6) is 0. The van der Waals surface area contributed by atoms with E-state index in [-0.39, 0.29) is 51.4 Å². The maximum atomic E-state index is 12.3. The standard InChI is InChI=1S/C11H10BF3N.K/c13-12(14,15)11-7-5-10(6-8-11)4-2-1-3-9-16;/h2,4-8H,1,3H2;/q-1;+1/b4-2-;. The zero-order valence-corrected chi connectivity index (χ0v) is 12.7. The Morgan fingerprint density at radius 3 is 2.24 bits per heavy atom. The smallest absolute Gasteiger partial charge is 0.445 e. The Morgan fingerprint density at radius 1 is 1.18 bits per heavy atom. The van der Waals surface area contributed by atoms with Gasteiger partial charge in [-0.05, 0) is 12.0 Å². The second-order valence-electron chi connectivity index (χ2n) is 3.34. The fourth-order valence-electron chi connectivity index (χ4n) is 1.19. The van der Waals surface area contributed by atoms with Crippen molar-refractivity contribution in [2.45, 2.75) is 12.8 Å². The monoisotopic (exact) mass is 263 g/mol. The molecule has 1 nitrogen and oxygen atoms in total. The summed E-state index contributed by atoms with van der Waals surface area (Å²) in [6.45, 7) is -4.91. The van der Waals surface area contributed by atoms with Crippen LogP contribution >= 0.6 is 0 Å². The molecule has 1 rings (SSSR count). The van der Waals surface area contributed by atoms with E-state index in [1.165, 1.54) is 12.1 Å². The Balaban J connectivity index is 0.00000256. The molecule has 0 aliphatic rings. The van der Waals surface area contributed by atoms with Crippen molar-refractivity contribution in [3.05, 3.63) is 35.9 Å². The fraction of sp³-hybridized carbons (Fsp3) is 0.182. The molecule has 0 spiro atoms. The topological polar surface area (TPSA) is 23.8 Å². The Bertz CT molecular complexity index is 406. The SMILES string of the molecule is N#CCC/C=C\c1ccc([B-](F)(F)F)cc1.[K+]. The summed E-state index contributed by atoms with van der Waals surface area (Å²) < 4.78 is 36.8. The number of halogens is 3. The molecule has 0 atom stereocenters. The number of allylic oxidation sites excluding steroid dienone is 1. The van der Waals surface area contributed by atoms with Gasteiger partial charge in [0.05, 0.1) is 6.07 Å². The average Bonchev–Trinajstić information content (AvgIpc) is 2.24. The molecular formula is C11H10BF3KN. The van der Waals surface area contributed by atoms with E-state index in [4.69, 9.17) is 5.26 Å².